The first-order chi connectivity index (χ1) is 17.5. The second-order valence-electron chi connectivity index (χ2n) is 7.44. The van der Waals surface area contributed by atoms with Crippen LogP contribution in [0.1, 0.15) is 38.2 Å². The molecule has 4 aromatic rings. The second kappa shape index (κ2) is 10.4. The standard InChI is InChI=1S/C29H14N4O3/c30-15-21-5-11-27(13-23(21)17-32)35-25-7-1-19(2-8-25)29(34)20-3-9-26(10-4-20)36-28-12-6-22(16-31)24(14-28)18-33/h1-14H. The van der Waals surface area contributed by atoms with Crippen molar-refractivity contribution in [2.45, 2.75) is 0 Å². The monoisotopic (exact) mass is 466 g/mol. The van der Waals surface area contributed by atoms with Crippen LogP contribution in [0.2, 0.25) is 0 Å². The second-order valence-corrected chi connectivity index (χ2v) is 7.44. The fourth-order valence-electron chi connectivity index (χ4n) is 3.34. The molecule has 0 fully saturated rings. The molecule has 7 nitrogen and oxygen atoms in total. The number of nitriles is 4. The summed E-state index contributed by atoms with van der Waals surface area (Å²) in [5.41, 5.74) is 1.90. The molecular weight excluding hydrogens is 452 g/mol. The van der Waals surface area contributed by atoms with Gasteiger partial charge in [-0.15, -0.1) is 0 Å². The zero-order chi connectivity index (χ0) is 25.5. The number of hydrogen-bond donors (Lipinski definition) is 0. The van der Waals surface area contributed by atoms with Crippen molar-refractivity contribution in [1.82, 2.24) is 0 Å². The third-order valence-electron chi connectivity index (χ3n) is 5.17. The Morgan fingerprint density at radius 1 is 0.472 bits per heavy atom. The molecule has 0 heterocycles. The van der Waals surface area contributed by atoms with E-state index >= 15 is 0 Å². The van der Waals surface area contributed by atoms with Crippen molar-refractivity contribution >= 4 is 5.78 Å². The van der Waals surface area contributed by atoms with Gasteiger partial charge >= 0.3 is 0 Å². The van der Waals surface area contributed by atoms with Crippen LogP contribution >= 0.6 is 0 Å². The van der Waals surface area contributed by atoms with E-state index in [0.717, 1.165) is 0 Å². The van der Waals surface area contributed by atoms with Crippen LogP contribution in [0, 0.1) is 45.3 Å². The summed E-state index contributed by atoms with van der Waals surface area (Å²) < 4.78 is 11.5. The molecule has 0 N–H and O–H groups in total. The number of ketones is 1. The average molecular weight is 466 g/mol. The molecule has 0 aliphatic rings. The Labute approximate surface area is 206 Å². The van der Waals surface area contributed by atoms with Crippen LogP contribution < -0.4 is 9.47 Å². The number of carbonyl (C=O) groups is 1. The van der Waals surface area contributed by atoms with Crippen LogP contribution in [-0.2, 0) is 0 Å². The van der Waals surface area contributed by atoms with Gasteiger partial charge in [-0.1, -0.05) is 0 Å². The number of nitrogens with zero attached hydrogens (tertiary/aromatic N) is 4. The SMILES string of the molecule is N#Cc1ccc(Oc2ccc(C(=O)c3ccc(Oc4ccc(C#N)c(C#N)c4)cc3)cc2)cc1C#N. The molecule has 0 unspecified atom stereocenters. The van der Waals surface area contributed by atoms with Crippen molar-refractivity contribution in [3.05, 3.63) is 118 Å². The summed E-state index contributed by atoms with van der Waals surface area (Å²) in [6.07, 6.45) is 0. The van der Waals surface area contributed by atoms with Crippen LogP contribution in [0.15, 0.2) is 84.9 Å². The van der Waals surface area contributed by atoms with Crippen LogP contribution in [-0.4, -0.2) is 5.78 Å². The lowest BCUT2D eigenvalue weighted by Gasteiger charge is -2.09. The lowest BCUT2D eigenvalue weighted by molar-refractivity contribution is 0.103. The Hall–Kier alpha value is -5.89. The Morgan fingerprint density at radius 2 is 0.806 bits per heavy atom. The van der Waals surface area contributed by atoms with E-state index in [0.29, 0.717) is 34.1 Å². The fraction of sp³-hybridized carbons (Fsp3) is 0. The highest BCUT2D eigenvalue weighted by atomic mass is 16.5. The third kappa shape index (κ3) is 5.03. The summed E-state index contributed by atoms with van der Waals surface area (Å²) in [6.45, 7) is 0. The molecule has 0 aliphatic carbocycles. The number of rotatable bonds is 6. The van der Waals surface area contributed by atoms with Gasteiger partial charge in [0.1, 0.15) is 47.3 Å². The summed E-state index contributed by atoms with van der Waals surface area (Å²) in [5, 5.41) is 36.4. The number of ether oxygens (including phenoxy) is 2. The van der Waals surface area contributed by atoms with Crippen molar-refractivity contribution in [1.29, 1.82) is 21.0 Å². The molecule has 168 valence electrons. The van der Waals surface area contributed by atoms with Crippen molar-refractivity contribution in [2.24, 2.45) is 0 Å². The van der Waals surface area contributed by atoms with Gasteiger partial charge in [0.2, 0.25) is 0 Å². The molecule has 4 rings (SSSR count). The predicted molar refractivity (Wildman–Crippen MR) is 128 cm³/mol. The van der Waals surface area contributed by atoms with E-state index in [4.69, 9.17) is 30.5 Å². The third-order valence-corrected chi connectivity index (χ3v) is 5.17. The van der Waals surface area contributed by atoms with Crippen LogP contribution in [0.4, 0.5) is 0 Å². The van der Waals surface area contributed by atoms with Crippen molar-refractivity contribution in [3.8, 4) is 47.3 Å². The molecule has 0 aromatic heterocycles. The number of hydrogen-bond acceptors (Lipinski definition) is 7. The van der Waals surface area contributed by atoms with Gasteiger partial charge in [0.25, 0.3) is 0 Å². The van der Waals surface area contributed by atoms with Gasteiger partial charge in [0.15, 0.2) is 5.78 Å². The van der Waals surface area contributed by atoms with E-state index in [1.165, 1.54) is 24.3 Å². The van der Waals surface area contributed by atoms with Crippen LogP contribution in [0.5, 0.6) is 23.0 Å². The molecule has 0 aliphatic heterocycles. The first-order valence-corrected chi connectivity index (χ1v) is 10.5. The predicted octanol–water partition coefficient (Wildman–Crippen LogP) is 5.99. The lowest BCUT2D eigenvalue weighted by Crippen LogP contribution is -2.01. The van der Waals surface area contributed by atoms with E-state index in [1.807, 2.05) is 24.3 Å². The molecule has 7 heteroatoms. The minimum absolute atomic E-state index is 0.191. The Kier molecular flexibility index (Phi) is 6.70. The maximum atomic E-state index is 12.9. The van der Waals surface area contributed by atoms with Gasteiger partial charge in [-0.25, -0.2) is 0 Å². The average Bonchev–Trinajstić information content (AvgIpc) is 2.93. The molecule has 0 spiro atoms. The fourth-order valence-corrected chi connectivity index (χ4v) is 3.34. The number of benzene rings is 4. The minimum Gasteiger partial charge on any atom is -0.457 e. The summed E-state index contributed by atoms with van der Waals surface area (Å²) in [4.78, 5) is 12.9. The van der Waals surface area contributed by atoms with Crippen LogP contribution in [0.3, 0.4) is 0 Å². The highest BCUT2D eigenvalue weighted by Gasteiger charge is 2.11. The maximum absolute atomic E-state index is 12.9. The molecule has 0 bridgehead atoms. The molecule has 0 amide bonds. The van der Waals surface area contributed by atoms with E-state index in [-0.39, 0.29) is 28.0 Å². The minimum atomic E-state index is -0.191. The van der Waals surface area contributed by atoms with E-state index in [9.17, 15) is 4.79 Å². The largest absolute Gasteiger partial charge is 0.457 e. The molecule has 36 heavy (non-hydrogen) atoms. The highest BCUT2D eigenvalue weighted by Crippen LogP contribution is 2.27. The van der Waals surface area contributed by atoms with Gasteiger partial charge in [0.05, 0.1) is 22.3 Å². The molecule has 4 aromatic carbocycles. The smallest absolute Gasteiger partial charge is 0.193 e. The topological polar surface area (TPSA) is 131 Å². The quantitative estimate of drug-likeness (QED) is 0.319. The van der Waals surface area contributed by atoms with Gasteiger partial charge in [0, 0.05) is 11.1 Å². The van der Waals surface area contributed by atoms with Gasteiger partial charge in [-0.05, 0) is 84.9 Å². The van der Waals surface area contributed by atoms with Gasteiger partial charge in [-0.3, -0.25) is 4.79 Å². The molecule has 0 atom stereocenters. The maximum Gasteiger partial charge on any atom is 0.193 e. The van der Waals surface area contributed by atoms with Gasteiger partial charge in [-0.2, -0.15) is 21.0 Å². The summed E-state index contributed by atoms with van der Waals surface area (Å²) in [5.74, 6) is 1.57. The first kappa shape index (κ1) is 23.3. The zero-order valence-corrected chi connectivity index (χ0v) is 18.6. The van der Waals surface area contributed by atoms with Crippen molar-refractivity contribution in [2.75, 3.05) is 0 Å². The molecule has 0 radical (unpaired) electrons. The zero-order valence-electron chi connectivity index (χ0n) is 18.6. The Balaban J connectivity index is 1.44. The first-order valence-electron chi connectivity index (χ1n) is 10.5. The Bertz CT molecular complexity index is 1510. The van der Waals surface area contributed by atoms with E-state index in [2.05, 4.69) is 0 Å². The normalized spacial score (nSPS) is 9.67. The summed E-state index contributed by atoms with van der Waals surface area (Å²) in [6, 6.07) is 30.2. The van der Waals surface area contributed by atoms with E-state index in [1.54, 1.807) is 60.7 Å². The highest BCUT2D eigenvalue weighted by molar-refractivity contribution is 6.09. The summed E-state index contributed by atoms with van der Waals surface area (Å²) >= 11 is 0. The van der Waals surface area contributed by atoms with Crippen LogP contribution in [0.25, 0.3) is 0 Å². The van der Waals surface area contributed by atoms with Crippen molar-refractivity contribution < 1.29 is 14.3 Å². The van der Waals surface area contributed by atoms with E-state index < -0.39 is 0 Å². The number of carbonyl (C=O) groups excluding carboxylic acids is 1. The Morgan fingerprint density at radius 3 is 1.14 bits per heavy atom. The van der Waals surface area contributed by atoms with Gasteiger partial charge < -0.3 is 9.47 Å². The summed E-state index contributed by atoms with van der Waals surface area (Å²) in [7, 11) is 0. The lowest BCUT2D eigenvalue weighted by atomic mass is 10.0. The molecular formula is C29H14N4O3. The van der Waals surface area contributed by atoms with Crippen molar-refractivity contribution in [3.63, 3.8) is 0 Å². The molecule has 0 saturated heterocycles. The molecule has 0 saturated carbocycles.